The lowest BCUT2D eigenvalue weighted by Gasteiger charge is -2.32. The Hall–Kier alpha value is -1.43. The topological polar surface area (TPSA) is 75.1 Å². The molecule has 3 unspecified atom stereocenters. The fourth-order valence-corrected chi connectivity index (χ4v) is 3.51. The largest absolute Gasteiger partial charge is 0.497 e. The predicted molar refractivity (Wildman–Crippen MR) is 121 cm³/mol. The van der Waals surface area contributed by atoms with Gasteiger partial charge in [0.25, 0.3) is 0 Å². The van der Waals surface area contributed by atoms with Crippen molar-refractivity contribution in [1.82, 2.24) is 10.6 Å². The lowest BCUT2D eigenvalue weighted by molar-refractivity contribution is -0.183. The van der Waals surface area contributed by atoms with Crippen molar-refractivity contribution in [2.75, 3.05) is 27.3 Å². The second kappa shape index (κ2) is 12.4. The predicted octanol–water partition coefficient (Wildman–Crippen LogP) is 4.03. The van der Waals surface area contributed by atoms with E-state index in [0.717, 1.165) is 0 Å². The number of rotatable bonds is 7. The van der Waals surface area contributed by atoms with Gasteiger partial charge in [0, 0.05) is 18.2 Å². The number of nitrogens with zero attached hydrogens (tertiary/aromatic N) is 1. The third-order valence-corrected chi connectivity index (χ3v) is 5.04. The number of aliphatic hydroxyl groups is 1. The summed E-state index contributed by atoms with van der Waals surface area (Å²) in [7, 11) is 3.04. The molecule has 1 saturated carbocycles. The number of halogens is 4. The average molecular weight is 545 g/mol. The Kier molecular flexibility index (Phi) is 11.0. The monoisotopic (exact) mass is 545 g/mol. The van der Waals surface area contributed by atoms with Gasteiger partial charge in [-0.05, 0) is 44.4 Å². The molecular formula is C20H31F3IN3O3. The highest BCUT2D eigenvalue weighted by Gasteiger charge is 2.42. The highest BCUT2D eigenvalue weighted by molar-refractivity contribution is 14.0. The van der Waals surface area contributed by atoms with E-state index in [9.17, 15) is 18.3 Å². The van der Waals surface area contributed by atoms with E-state index in [1.807, 2.05) is 6.92 Å². The first-order valence-electron chi connectivity index (χ1n) is 9.80. The third kappa shape index (κ3) is 7.68. The Bertz CT molecular complexity index is 689. The summed E-state index contributed by atoms with van der Waals surface area (Å²) in [5, 5.41) is 16.7. The molecule has 172 valence electrons. The van der Waals surface area contributed by atoms with Crippen LogP contribution in [0.25, 0.3) is 0 Å². The number of aliphatic imine (C=N–C) groups is 1. The van der Waals surface area contributed by atoms with Gasteiger partial charge in [-0.1, -0.05) is 6.42 Å². The van der Waals surface area contributed by atoms with E-state index in [-0.39, 0.29) is 49.4 Å². The zero-order chi connectivity index (χ0) is 21.4. The van der Waals surface area contributed by atoms with Crippen LogP contribution >= 0.6 is 24.0 Å². The quantitative estimate of drug-likeness (QED) is 0.274. The first kappa shape index (κ1) is 26.6. The molecule has 3 N–H and O–H groups in total. The van der Waals surface area contributed by atoms with Gasteiger partial charge >= 0.3 is 6.18 Å². The van der Waals surface area contributed by atoms with Crippen molar-refractivity contribution < 1.29 is 27.8 Å². The van der Waals surface area contributed by atoms with Gasteiger partial charge < -0.3 is 25.2 Å². The van der Waals surface area contributed by atoms with Crippen LogP contribution in [0.2, 0.25) is 0 Å². The average Bonchev–Trinajstić information content (AvgIpc) is 2.71. The van der Waals surface area contributed by atoms with E-state index in [1.165, 1.54) is 14.2 Å². The Balaban J connectivity index is 0.00000450. The van der Waals surface area contributed by atoms with Gasteiger partial charge in [0.1, 0.15) is 17.6 Å². The van der Waals surface area contributed by atoms with E-state index in [1.54, 1.807) is 18.2 Å². The van der Waals surface area contributed by atoms with Crippen LogP contribution in [0.15, 0.2) is 23.2 Å². The van der Waals surface area contributed by atoms with Crippen LogP contribution in [0.3, 0.4) is 0 Å². The molecule has 30 heavy (non-hydrogen) atoms. The molecule has 0 bridgehead atoms. The minimum Gasteiger partial charge on any atom is -0.497 e. The van der Waals surface area contributed by atoms with E-state index in [4.69, 9.17) is 9.47 Å². The Morgan fingerprint density at radius 1 is 1.27 bits per heavy atom. The molecular weight excluding hydrogens is 514 g/mol. The number of alkyl halides is 3. The zero-order valence-electron chi connectivity index (χ0n) is 17.5. The van der Waals surface area contributed by atoms with Gasteiger partial charge in [-0.3, -0.25) is 4.99 Å². The van der Waals surface area contributed by atoms with E-state index in [0.29, 0.717) is 42.4 Å². The van der Waals surface area contributed by atoms with Crippen molar-refractivity contribution in [3.05, 3.63) is 23.8 Å². The lowest BCUT2D eigenvalue weighted by Crippen LogP contribution is -2.47. The summed E-state index contributed by atoms with van der Waals surface area (Å²) in [5.74, 6) is 0.186. The van der Waals surface area contributed by atoms with Gasteiger partial charge in [0.05, 0.1) is 26.7 Å². The Labute approximate surface area is 192 Å². The summed E-state index contributed by atoms with van der Waals surface area (Å²) in [6.07, 6.45) is -3.75. The van der Waals surface area contributed by atoms with Crippen LogP contribution in [0, 0.1) is 5.92 Å². The van der Waals surface area contributed by atoms with Crippen molar-refractivity contribution in [2.45, 2.75) is 50.9 Å². The molecule has 10 heteroatoms. The maximum atomic E-state index is 13.0. The van der Waals surface area contributed by atoms with Gasteiger partial charge in [-0.15, -0.1) is 24.0 Å². The molecule has 0 amide bonds. The number of aliphatic hydroxyl groups excluding tert-OH is 1. The van der Waals surface area contributed by atoms with E-state index < -0.39 is 18.2 Å². The molecule has 0 spiro atoms. The third-order valence-electron chi connectivity index (χ3n) is 5.04. The van der Waals surface area contributed by atoms with E-state index >= 15 is 0 Å². The van der Waals surface area contributed by atoms with Crippen LogP contribution in [0.4, 0.5) is 13.2 Å². The summed E-state index contributed by atoms with van der Waals surface area (Å²) in [6, 6.07) is 4.79. The number of ether oxygens (including phenoxy) is 2. The van der Waals surface area contributed by atoms with Crippen molar-refractivity contribution in [3.8, 4) is 11.5 Å². The van der Waals surface area contributed by atoms with Crippen LogP contribution < -0.4 is 20.1 Å². The second-order valence-corrected chi connectivity index (χ2v) is 7.09. The normalized spacial score (nSPS) is 20.7. The molecule has 1 fully saturated rings. The molecule has 1 aliphatic carbocycles. The van der Waals surface area contributed by atoms with Crippen molar-refractivity contribution in [2.24, 2.45) is 10.9 Å². The summed E-state index contributed by atoms with van der Waals surface area (Å²) in [4.78, 5) is 4.37. The minimum absolute atomic E-state index is 0. The SMILES string of the molecule is CCNC(=NCC(O)c1cc(OC)ccc1OC)NC1CCCC(C(F)(F)F)C1.I. The van der Waals surface area contributed by atoms with Gasteiger partial charge in [0.2, 0.25) is 0 Å². The fourth-order valence-electron chi connectivity index (χ4n) is 3.51. The molecule has 6 nitrogen and oxygen atoms in total. The highest BCUT2D eigenvalue weighted by Crippen LogP contribution is 2.37. The number of nitrogens with one attached hydrogen (secondary N) is 2. The van der Waals surface area contributed by atoms with Gasteiger partial charge in [-0.2, -0.15) is 13.2 Å². The molecule has 1 aliphatic rings. The van der Waals surface area contributed by atoms with Crippen molar-refractivity contribution in [1.29, 1.82) is 0 Å². The number of hydrogen-bond acceptors (Lipinski definition) is 4. The van der Waals surface area contributed by atoms with Crippen LogP contribution in [0.1, 0.15) is 44.3 Å². The summed E-state index contributed by atoms with van der Waals surface area (Å²) in [6.45, 7) is 2.45. The molecule has 0 saturated heterocycles. The van der Waals surface area contributed by atoms with Crippen molar-refractivity contribution >= 4 is 29.9 Å². The number of benzene rings is 1. The maximum absolute atomic E-state index is 13.0. The molecule has 0 aromatic heterocycles. The van der Waals surface area contributed by atoms with Crippen LogP contribution in [-0.2, 0) is 0 Å². The standard InChI is InChI=1S/C20H30F3N3O3.HI/c1-4-24-19(26-14-7-5-6-13(10-14)20(21,22)23)25-12-17(27)16-11-15(28-2)8-9-18(16)29-3;/h8-9,11,13-14,17,27H,4-7,10,12H2,1-3H3,(H2,24,25,26);1H. The summed E-state index contributed by atoms with van der Waals surface area (Å²) < 4.78 is 49.6. The zero-order valence-corrected chi connectivity index (χ0v) is 19.8. The highest BCUT2D eigenvalue weighted by atomic mass is 127. The summed E-state index contributed by atoms with van der Waals surface area (Å²) in [5.41, 5.74) is 0.529. The van der Waals surface area contributed by atoms with Crippen molar-refractivity contribution in [3.63, 3.8) is 0 Å². The number of methoxy groups -OCH3 is 2. The second-order valence-electron chi connectivity index (χ2n) is 7.09. The number of guanidine groups is 1. The molecule has 0 radical (unpaired) electrons. The summed E-state index contributed by atoms with van der Waals surface area (Å²) >= 11 is 0. The fraction of sp³-hybridized carbons (Fsp3) is 0.650. The van der Waals surface area contributed by atoms with Gasteiger partial charge in [0.15, 0.2) is 5.96 Å². The lowest BCUT2D eigenvalue weighted by atomic mass is 9.85. The Morgan fingerprint density at radius 2 is 2.00 bits per heavy atom. The first-order chi connectivity index (χ1) is 13.8. The molecule has 0 heterocycles. The smallest absolute Gasteiger partial charge is 0.391 e. The molecule has 3 atom stereocenters. The van der Waals surface area contributed by atoms with E-state index in [2.05, 4.69) is 15.6 Å². The first-order valence-corrected chi connectivity index (χ1v) is 9.80. The molecule has 1 aromatic rings. The molecule has 0 aliphatic heterocycles. The molecule has 1 aromatic carbocycles. The van der Waals surface area contributed by atoms with Crippen LogP contribution in [-0.4, -0.2) is 50.6 Å². The number of hydrogen-bond donors (Lipinski definition) is 3. The minimum atomic E-state index is -4.17. The maximum Gasteiger partial charge on any atom is 0.391 e. The Morgan fingerprint density at radius 3 is 2.60 bits per heavy atom. The van der Waals surface area contributed by atoms with Gasteiger partial charge in [-0.25, -0.2) is 0 Å². The molecule has 2 rings (SSSR count). The van der Waals surface area contributed by atoms with Crippen LogP contribution in [0.5, 0.6) is 11.5 Å².